The van der Waals surface area contributed by atoms with Crippen LogP contribution in [-0.4, -0.2) is 9.55 Å². The van der Waals surface area contributed by atoms with Crippen molar-refractivity contribution in [1.82, 2.24) is 9.55 Å². The van der Waals surface area contributed by atoms with Crippen LogP contribution in [0.3, 0.4) is 0 Å². The third kappa shape index (κ3) is 1.08. The van der Waals surface area contributed by atoms with Crippen LogP contribution < -0.4 is 0 Å². The van der Waals surface area contributed by atoms with Crippen molar-refractivity contribution >= 4 is 0 Å². The summed E-state index contributed by atoms with van der Waals surface area (Å²) in [6.45, 7) is 4.52. The molecule has 1 aliphatic heterocycles. The van der Waals surface area contributed by atoms with Gasteiger partial charge in [0, 0.05) is 5.56 Å². The number of hydrogen-bond donors (Lipinski definition) is 0. The van der Waals surface area contributed by atoms with Crippen LogP contribution in [0.4, 0.5) is 0 Å². The highest BCUT2D eigenvalue weighted by Crippen LogP contribution is 2.42. The van der Waals surface area contributed by atoms with Crippen LogP contribution in [0.25, 0.3) is 11.3 Å². The number of fused-ring (bicyclic) bond motifs is 3. The van der Waals surface area contributed by atoms with Crippen LogP contribution in [-0.2, 0) is 0 Å². The predicted octanol–water partition coefficient (Wildman–Crippen LogP) is 3.11. The Balaban J connectivity index is 2.28. The molecule has 1 aromatic carbocycles. The SMILES string of the molecule is CC(C)C1c2ccccc2-c2cncn21. The quantitative estimate of drug-likeness (QED) is 0.688. The minimum Gasteiger partial charge on any atom is -0.323 e. The maximum Gasteiger partial charge on any atom is 0.0956 e. The Bertz CT molecular complexity index is 497. The van der Waals surface area contributed by atoms with Gasteiger partial charge >= 0.3 is 0 Å². The topological polar surface area (TPSA) is 17.8 Å². The lowest BCUT2D eigenvalue weighted by atomic mass is 9.95. The molecule has 0 saturated heterocycles. The third-order valence-corrected chi connectivity index (χ3v) is 3.15. The lowest BCUT2D eigenvalue weighted by molar-refractivity contribution is 0.453. The van der Waals surface area contributed by atoms with E-state index in [-0.39, 0.29) is 0 Å². The molecule has 3 rings (SSSR count). The maximum atomic E-state index is 4.24. The molecule has 15 heavy (non-hydrogen) atoms. The van der Waals surface area contributed by atoms with Crippen LogP contribution in [0.2, 0.25) is 0 Å². The lowest BCUT2D eigenvalue weighted by Crippen LogP contribution is -2.11. The normalized spacial score (nSPS) is 17.9. The molecule has 1 aromatic heterocycles. The first-order chi connectivity index (χ1) is 7.29. The molecule has 0 aliphatic carbocycles. The molecule has 2 heteroatoms. The summed E-state index contributed by atoms with van der Waals surface area (Å²) in [6.07, 6.45) is 3.90. The highest BCUT2D eigenvalue weighted by molar-refractivity contribution is 5.68. The summed E-state index contributed by atoms with van der Waals surface area (Å²) < 4.78 is 2.29. The second-order valence-electron chi connectivity index (χ2n) is 4.46. The number of benzene rings is 1. The Labute approximate surface area is 89.6 Å². The van der Waals surface area contributed by atoms with Gasteiger partial charge in [0.15, 0.2) is 0 Å². The fraction of sp³-hybridized carbons (Fsp3) is 0.308. The maximum absolute atomic E-state index is 4.24. The second-order valence-corrected chi connectivity index (χ2v) is 4.46. The van der Waals surface area contributed by atoms with Gasteiger partial charge in [0.05, 0.1) is 24.3 Å². The summed E-state index contributed by atoms with van der Waals surface area (Å²) >= 11 is 0. The predicted molar refractivity (Wildman–Crippen MR) is 60.6 cm³/mol. The highest BCUT2D eigenvalue weighted by Gasteiger charge is 2.29. The summed E-state index contributed by atoms with van der Waals surface area (Å²) in [4.78, 5) is 4.24. The number of aromatic nitrogens is 2. The molecule has 0 spiro atoms. The molecule has 1 atom stereocenters. The van der Waals surface area contributed by atoms with E-state index in [1.807, 2.05) is 12.5 Å². The molecule has 0 amide bonds. The number of rotatable bonds is 1. The smallest absolute Gasteiger partial charge is 0.0956 e. The zero-order chi connectivity index (χ0) is 10.4. The number of imidazole rings is 1. The van der Waals surface area contributed by atoms with Crippen LogP contribution in [0.1, 0.15) is 25.5 Å². The Morgan fingerprint density at radius 1 is 1.27 bits per heavy atom. The van der Waals surface area contributed by atoms with E-state index < -0.39 is 0 Å². The number of nitrogens with zero attached hydrogens (tertiary/aromatic N) is 2. The summed E-state index contributed by atoms with van der Waals surface area (Å²) in [6, 6.07) is 9.09. The highest BCUT2D eigenvalue weighted by atomic mass is 15.1. The lowest BCUT2D eigenvalue weighted by Gasteiger charge is -2.18. The summed E-state index contributed by atoms with van der Waals surface area (Å²) in [5, 5.41) is 0. The van der Waals surface area contributed by atoms with Crippen molar-refractivity contribution in [2.45, 2.75) is 19.9 Å². The van der Waals surface area contributed by atoms with Gasteiger partial charge in [-0.3, -0.25) is 0 Å². The first kappa shape index (κ1) is 8.72. The van der Waals surface area contributed by atoms with Crippen molar-refractivity contribution in [2.24, 2.45) is 5.92 Å². The molecular formula is C13H14N2. The summed E-state index contributed by atoms with van der Waals surface area (Å²) in [5.74, 6) is 0.599. The molecule has 2 aromatic rings. The standard InChI is InChI=1S/C13H14N2/c1-9(2)13-11-6-4-3-5-10(11)12-7-14-8-15(12)13/h3-9,13H,1-2H3. The minimum atomic E-state index is 0.457. The van der Waals surface area contributed by atoms with Gasteiger partial charge in [0.25, 0.3) is 0 Å². The minimum absolute atomic E-state index is 0.457. The van der Waals surface area contributed by atoms with Crippen molar-refractivity contribution in [3.05, 3.63) is 42.4 Å². The van der Waals surface area contributed by atoms with Gasteiger partial charge in [-0.2, -0.15) is 0 Å². The molecule has 0 radical (unpaired) electrons. The second kappa shape index (κ2) is 2.96. The van der Waals surface area contributed by atoms with Crippen molar-refractivity contribution in [2.75, 3.05) is 0 Å². The molecule has 2 heterocycles. The van der Waals surface area contributed by atoms with E-state index in [9.17, 15) is 0 Å². The van der Waals surface area contributed by atoms with Gasteiger partial charge in [-0.1, -0.05) is 38.1 Å². The van der Waals surface area contributed by atoms with Crippen LogP contribution in [0.15, 0.2) is 36.8 Å². The Kier molecular flexibility index (Phi) is 1.72. The van der Waals surface area contributed by atoms with Gasteiger partial charge in [-0.25, -0.2) is 4.98 Å². The number of hydrogen-bond acceptors (Lipinski definition) is 1. The van der Waals surface area contributed by atoms with Gasteiger partial charge in [-0.15, -0.1) is 0 Å². The molecule has 2 nitrogen and oxygen atoms in total. The first-order valence-corrected chi connectivity index (χ1v) is 5.40. The average Bonchev–Trinajstić information content (AvgIpc) is 2.75. The van der Waals surface area contributed by atoms with Crippen molar-refractivity contribution in [3.63, 3.8) is 0 Å². The summed E-state index contributed by atoms with van der Waals surface area (Å²) in [5.41, 5.74) is 4.03. The largest absolute Gasteiger partial charge is 0.323 e. The van der Waals surface area contributed by atoms with E-state index in [1.54, 1.807) is 0 Å². The van der Waals surface area contributed by atoms with Crippen LogP contribution >= 0.6 is 0 Å². The molecule has 1 unspecified atom stereocenters. The molecule has 76 valence electrons. The monoisotopic (exact) mass is 198 g/mol. The molecule has 0 saturated carbocycles. The van der Waals surface area contributed by atoms with Crippen LogP contribution in [0.5, 0.6) is 0 Å². The van der Waals surface area contributed by atoms with Gasteiger partial charge in [0.1, 0.15) is 0 Å². The van der Waals surface area contributed by atoms with E-state index in [2.05, 4.69) is 47.7 Å². The van der Waals surface area contributed by atoms with Crippen LogP contribution in [0, 0.1) is 5.92 Å². The van der Waals surface area contributed by atoms with Gasteiger partial charge < -0.3 is 4.57 Å². The van der Waals surface area contributed by atoms with E-state index in [0.29, 0.717) is 12.0 Å². The van der Waals surface area contributed by atoms with Gasteiger partial charge in [-0.05, 0) is 11.5 Å². The van der Waals surface area contributed by atoms with Crippen molar-refractivity contribution in [3.8, 4) is 11.3 Å². The Morgan fingerprint density at radius 3 is 2.87 bits per heavy atom. The molecule has 0 bridgehead atoms. The van der Waals surface area contributed by atoms with E-state index in [0.717, 1.165) is 0 Å². The summed E-state index contributed by atoms with van der Waals surface area (Å²) in [7, 11) is 0. The molecule has 0 N–H and O–H groups in total. The fourth-order valence-electron chi connectivity index (χ4n) is 2.55. The molecular weight excluding hydrogens is 184 g/mol. The van der Waals surface area contributed by atoms with E-state index in [1.165, 1.54) is 16.8 Å². The first-order valence-electron chi connectivity index (χ1n) is 5.40. The Hall–Kier alpha value is -1.57. The third-order valence-electron chi connectivity index (χ3n) is 3.15. The zero-order valence-corrected chi connectivity index (χ0v) is 9.01. The zero-order valence-electron chi connectivity index (χ0n) is 9.01. The van der Waals surface area contributed by atoms with Crippen molar-refractivity contribution < 1.29 is 0 Å². The van der Waals surface area contributed by atoms with Crippen molar-refractivity contribution in [1.29, 1.82) is 0 Å². The Morgan fingerprint density at radius 2 is 2.07 bits per heavy atom. The molecule has 1 aliphatic rings. The van der Waals surface area contributed by atoms with E-state index >= 15 is 0 Å². The van der Waals surface area contributed by atoms with Gasteiger partial charge in [0.2, 0.25) is 0 Å². The van der Waals surface area contributed by atoms with E-state index in [4.69, 9.17) is 0 Å². The molecule has 0 fully saturated rings. The fourth-order valence-corrected chi connectivity index (χ4v) is 2.55. The average molecular weight is 198 g/mol.